The van der Waals surface area contributed by atoms with Gasteiger partial charge in [0.05, 0.1) is 12.5 Å². The first-order valence-corrected chi connectivity index (χ1v) is 7.83. The maximum atomic E-state index is 12.2. The Bertz CT molecular complexity index is 869. The van der Waals surface area contributed by atoms with Crippen molar-refractivity contribution in [1.29, 1.82) is 0 Å². The van der Waals surface area contributed by atoms with Crippen LogP contribution in [-0.2, 0) is 11.3 Å². The van der Waals surface area contributed by atoms with Gasteiger partial charge < -0.3 is 14.6 Å². The summed E-state index contributed by atoms with van der Waals surface area (Å²) in [6.07, 6.45) is 5.01. The molecular formula is C15H16N8O2. The molecule has 10 nitrogen and oxygen atoms in total. The van der Waals surface area contributed by atoms with Gasteiger partial charge in [-0.25, -0.2) is 14.6 Å². The Balaban J connectivity index is 1.32. The van der Waals surface area contributed by atoms with E-state index in [4.69, 9.17) is 4.42 Å². The molecule has 0 bridgehead atoms. The SMILES string of the molecule is Cc1nnc(CNC(=O)C2CN(c3cc(-n4cccn4)ncn3)C2)o1. The molecule has 1 fully saturated rings. The lowest BCUT2D eigenvalue weighted by Gasteiger charge is -2.39. The van der Waals surface area contributed by atoms with Gasteiger partial charge in [0, 0.05) is 38.5 Å². The van der Waals surface area contributed by atoms with Crippen molar-refractivity contribution in [2.75, 3.05) is 18.0 Å². The second-order valence-corrected chi connectivity index (χ2v) is 5.72. The minimum atomic E-state index is -0.0906. The summed E-state index contributed by atoms with van der Waals surface area (Å²) in [5.74, 6) is 2.23. The number of rotatable bonds is 5. The van der Waals surface area contributed by atoms with Crippen LogP contribution in [0, 0.1) is 12.8 Å². The van der Waals surface area contributed by atoms with Crippen LogP contribution >= 0.6 is 0 Å². The predicted octanol–water partition coefficient (Wildman–Crippen LogP) is 0.106. The molecule has 0 spiro atoms. The maximum Gasteiger partial charge on any atom is 0.235 e. The van der Waals surface area contributed by atoms with Crippen LogP contribution in [0.25, 0.3) is 5.82 Å². The van der Waals surface area contributed by atoms with E-state index in [2.05, 4.69) is 30.6 Å². The fraction of sp³-hybridized carbons (Fsp3) is 0.333. The van der Waals surface area contributed by atoms with E-state index < -0.39 is 0 Å². The van der Waals surface area contributed by atoms with Gasteiger partial charge in [0.2, 0.25) is 17.7 Å². The average molecular weight is 340 g/mol. The summed E-state index contributed by atoms with van der Waals surface area (Å²) < 4.78 is 6.90. The largest absolute Gasteiger partial charge is 0.424 e. The third kappa shape index (κ3) is 3.18. The summed E-state index contributed by atoms with van der Waals surface area (Å²) in [6.45, 7) is 3.16. The highest BCUT2D eigenvalue weighted by atomic mass is 16.4. The number of carbonyl (C=O) groups excluding carboxylic acids is 1. The van der Waals surface area contributed by atoms with E-state index >= 15 is 0 Å². The highest BCUT2D eigenvalue weighted by Crippen LogP contribution is 2.23. The monoisotopic (exact) mass is 340 g/mol. The highest BCUT2D eigenvalue weighted by Gasteiger charge is 2.33. The van der Waals surface area contributed by atoms with Gasteiger partial charge in [-0.15, -0.1) is 10.2 Å². The molecule has 0 atom stereocenters. The van der Waals surface area contributed by atoms with Crippen LogP contribution < -0.4 is 10.2 Å². The summed E-state index contributed by atoms with van der Waals surface area (Å²) in [5, 5.41) is 14.5. The molecule has 1 amide bonds. The van der Waals surface area contributed by atoms with Crippen LogP contribution in [0.1, 0.15) is 11.8 Å². The quantitative estimate of drug-likeness (QED) is 0.696. The number of amides is 1. The van der Waals surface area contributed by atoms with Crippen molar-refractivity contribution in [3.05, 3.63) is 42.6 Å². The number of nitrogens with one attached hydrogen (secondary N) is 1. The zero-order valence-corrected chi connectivity index (χ0v) is 13.5. The third-order valence-electron chi connectivity index (χ3n) is 3.94. The van der Waals surface area contributed by atoms with E-state index in [0.29, 0.717) is 30.7 Å². The molecule has 1 aliphatic rings. The van der Waals surface area contributed by atoms with E-state index in [1.165, 1.54) is 6.33 Å². The molecule has 3 aromatic rings. The van der Waals surface area contributed by atoms with Crippen LogP contribution in [0.4, 0.5) is 5.82 Å². The molecule has 0 aliphatic carbocycles. The molecule has 0 saturated carbocycles. The molecular weight excluding hydrogens is 324 g/mol. The minimum Gasteiger partial charge on any atom is -0.424 e. The van der Waals surface area contributed by atoms with Gasteiger partial charge in [0.1, 0.15) is 12.1 Å². The molecule has 3 aromatic heterocycles. The Kier molecular flexibility index (Phi) is 3.84. The smallest absolute Gasteiger partial charge is 0.235 e. The normalized spacial score (nSPS) is 14.4. The van der Waals surface area contributed by atoms with Crippen molar-refractivity contribution in [2.24, 2.45) is 5.92 Å². The Morgan fingerprint density at radius 3 is 2.88 bits per heavy atom. The lowest BCUT2D eigenvalue weighted by Crippen LogP contribution is -2.54. The molecule has 0 unspecified atom stereocenters. The molecule has 4 rings (SSSR count). The zero-order valence-electron chi connectivity index (χ0n) is 13.5. The third-order valence-corrected chi connectivity index (χ3v) is 3.94. The van der Waals surface area contributed by atoms with Crippen molar-refractivity contribution >= 4 is 11.7 Å². The second kappa shape index (κ2) is 6.30. The van der Waals surface area contributed by atoms with Crippen LogP contribution in [0.3, 0.4) is 0 Å². The maximum absolute atomic E-state index is 12.2. The van der Waals surface area contributed by atoms with Gasteiger partial charge in [-0.1, -0.05) is 0 Å². The zero-order chi connectivity index (χ0) is 17.2. The molecule has 0 radical (unpaired) electrons. The fourth-order valence-electron chi connectivity index (χ4n) is 2.59. The number of hydrogen-bond donors (Lipinski definition) is 1. The van der Waals surface area contributed by atoms with E-state index in [0.717, 1.165) is 5.82 Å². The number of aromatic nitrogens is 6. The molecule has 1 aliphatic heterocycles. The summed E-state index contributed by atoms with van der Waals surface area (Å²) in [5.41, 5.74) is 0. The molecule has 10 heteroatoms. The van der Waals surface area contributed by atoms with Gasteiger partial charge in [-0.2, -0.15) is 5.10 Å². The molecule has 1 saturated heterocycles. The van der Waals surface area contributed by atoms with E-state index in [9.17, 15) is 4.79 Å². The first-order valence-electron chi connectivity index (χ1n) is 7.83. The standard InChI is InChI=1S/C15H16N8O2/c1-10-20-21-14(25-10)6-16-15(24)11-7-22(8-11)12-5-13(18-9-17-12)23-4-2-3-19-23/h2-5,9,11H,6-8H2,1H3,(H,16,24). The Hall–Kier alpha value is -3.30. The van der Waals surface area contributed by atoms with E-state index in [-0.39, 0.29) is 18.4 Å². The van der Waals surface area contributed by atoms with Crippen LogP contribution in [0.15, 0.2) is 35.3 Å². The molecule has 0 aromatic carbocycles. The van der Waals surface area contributed by atoms with Crippen molar-refractivity contribution in [1.82, 2.24) is 35.3 Å². The summed E-state index contributed by atoms with van der Waals surface area (Å²) in [6, 6.07) is 3.68. The number of hydrogen-bond acceptors (Lipinski definition) is 8. The van der Waals surface area contributed by atoms with Gasteiger partial charge >= 0.3 is 0 Å². The minimum absolute atomic E-state index is 0.0338. The summed E-state index contributed by atoms with van der Waals surface area (Å²) >= 11 is 0. The van der Waals surface area contributed by atoms with Crippen LogP contribution in [0.2, 0.25) is 0 Å². The first-order chi connectivity index (χ1) is 12.2. The van der Waals surface area contributed by atoms with Crippen molar-refractivity contribution in [2.45, 2.75) is 13.5 Å². The fourth-order valence-corrected chi connectivity index (χ4v) is 2.59. The number of anilines is 1. The van der Waals surface area contributed by atoms with Crippen molar-refractivity contribution in [3.63, 3.8) is 0 Å². The lowest BCUT2D eigenvalue weighted by atomic mass is 9.99. The van der Waals surface area contributed by atoms with Gasteiger partial charge in [-0.05, 0) is 6.07 Å². The number of aryl methyl sites for hydroxylation is 1. The first kappa shape index (κ1) is 15.2. The Morgan fingerprint density at radius 1 is 1.32 bits per heavy atom. The number of carbonyl (C=O) groups is 1. The van der Waals surface area contributed by atoms with Crippen LogP contribution in [-0.4, -0.2) is 48.9 Å². The van der Waals surface area contributed by atoms with Gasteiger partial charge in [-0.3, -0.25) is 4.79 Å². The van der Waals surface area contributed by atoms with E-state index in [1.54, 1.807) is 17.8 Å². The summed E-state index contributed by atoms with van der Waals surface area (Å²) in [7, 11) is 0. The Labute approximate surface area is 142 Å². The van der Waals surface area contributed by atoms with Crippen LogP contribution in [0.5, 0.6) is 0 Å². The van der Waals surface area contributed by atoms with Crippen molar-refractivity contribution in [3.8, 4) is 5.82 Å². The molecule has 25 heavy (non-hydrogen) atoms. The van der Waals surface area contributed by atoms with Gasteiger partial charge in [0.25, 0.3) is 0 Å². The van der Waals surface area contributed by atoms with Gasteiger partial charge in [0.15, 0.2) is 5.82 Å². The Morgan fingerprint density at radius 2 is 2.16 bits per heavy atom. The van der Waals surface area contributed by atoms with Crippen molar-refractivity contribution < 1.29 is 9.21 Å². The molecule has 4 heterocycles. The highest BCUT2D eigenvalue weighted by molar-refractivity contribution is 5.81. The summed E-state index contributed by atoms with van der Waals surface area (Å²) in [4.78, 5) is 22.7. The average Bonchev–Trinajstić information content (AvgIpc) is 3.23. The topological polar surface area (TPSA) is 115 Å². The predicted molar refractivity (Wildman–Crippen MR) is 85.7 cm³/mol. The molecule has 1 N–H and O–H groups in total. The molecule has 128 valence electrons. The van der Waals surface area contributed by atoms with E-state index in [1.807, 2.05) is 23.2 Å². The second-order valence-electron chi connectivity index (χ2n) is 5.72. The number of nitrogens with zero attached hydrogens (tertiary/aromatic N) is 7. The lowest BCUT2D eigenvalue weighted by molar-refractivity contribution is -0.126.